The third kappa shape index (κ3) is 4.79. The highest BCUT2D eigenvalue weighted by atomic mass is 32.2. The number of nitrogens with zero attached hydrogens (tertiary/aromatic N) is 3. The Bertz CT molecular complexity index is 3180. The van der Waals surface area contributed by atoms with E-state index in [-0.39, 0.29) is 0 Å². The Morgan fingerprint density at radius 3 is 1.65 bits per heavy atom. The largest absolute Gasteiger partial charge is 0.455 e. The zero-order valence-corrected chi connectivity index (χ0v) is 31.4. The smallest absolute Gasteiger partial charge is 0.164 e. The van der Waals surface area contributed by atoms with Crippen LogP contribution in [0.25, 0.3) is 78.4 Å². The fraction of sp³-hybridized carbons (Fsp3) is 0.0192. The van der Waals surface area contributed by atoms with Crippen LogP contribution in [0, 0.1) is 0 Å². The highest BCUT2D eigenvalue weighted by molar-refractivity contribution is 7.99. The lowest BCUT2D eigenvalue weighted by molar-refractivity contribution is 0.670. The van der Waals surface area contributed by atoms with Gasteiger partial charge in [-0.1, -0.05) is 182 Å². The summed E-state index contributed by atoms with van der Waals surface area (Å²) in [7, 11) is 0. The average molecular weight is 746 g/mol. The standard InChI is InChI=1S/C52H31N3OS/c1-2-13-33(14-3-1)49-53-50(34-27-25-32(26-28-34)36-18-12-19-40-39-17-6-10-23-45(39)56-48(36)40)55-51(54-49)35-29-30-44-47(31-35)57-46-24-11-9-22-43(46)52(44)41-20-7-4-15-37(41)38-16-5-8-21-42(38)52/h1-31H. The molecule has 1 spiro atoms. The van der Waals surface area contributed by atoms with E-state index in [1.165, 1.54) is 43.2 Å². The molecule has 266 valence electrons. The molecule has 0 bridgehead atoms. The monoisotopic (exact) mass is 745 g/mol. The van der Waals surface area contributed by atoms with Crippen molar-refractivity contribution >= 4 is 33.7 Å². The highest BCUT2D eigenvalue weighted by Crippen LogP contribution is 2.62. The second-order valence-electron chi connectivity index (χ2n) is 14.7. The maximum atomic E-state index is 6.37. The summed E-state index contributed by atoms with van der Waals surface area (Å²) in [6.07, 6.45) is 0. The summed E-state index contributed by atoms with van der Waals surface area (Å²) >= 11 is 1.83. The van der Waals surface area contributed by atoms with Crippen LogP contribution in [0.4, 0.5) is 0 Å². The topological polar surface area (TPSA) is 51.8 Å². The summed E-state index contributed by atoms with van der Waals surface area (Å²) < 4.78 is 6.37. The van der Waals surface area contributed by atoms with Crippen molar-refractivity contribution in [1.82, 2.24) is 15.0 Å². The van der Waals surface area contributed by atoms with Crippen LogP contribution >= 0.6 is 11.8 Å². The molecule has 0 saturated heterocycles. The quantitative estimate of drug-likeness (QED) is 0.180. The molecule has 0 atom stereocenters. The summed E-state index contributed by atoms with van der Waals surface area (Å²) in [6.45, 7) is 0. The number of benzene rings is 8. The van der Waals surface area contributed by atoms with E-state index in [2.05, 4.69) is 158 Å². The van der Waals surface area contributed by atoms with Crippen LogP contribution in [-0.2, 0) is 5.41 Å². The van der Waals surface area contributed by atoms with Gasteiger partial charge in [0.25, 0.3) is 0 Å². The van der Waals surface area contributed by atoms with Gasteiger partial charge in [-0.15, -0.1) is 0 Å². The van der Waals surface area contributed by atoms with Crippen LogP contribution in [0.2, 0.25) is 0 Å². The minimum atomic E-state index is -0.434. The molecule has 57 heavy (non-hydrogen) atoms. The Morgan fingerprint density at radius 1 is 0.368 bits per heavy atom. The zero-order chi connectivity index (χ0) is 37.5. The van der Waals surface area contributed by atoms with Crippen molar-refractivity contribution in [2.24, 2.45) is 0 Å². The van der Waals surface area contributed by atoms with E-state index in [9.17, 15) is 0 Å². The van der Waals surface area contributed by atoms with E-state index in [0.29, 0.717) is 17.5 Å². The zero-order valence-electron chi connectivity index (χ0n) is 30.6. The summed E-state index contributed by atoms with van der Waals surface area (Å²) in [4.78, 5) is 17.8. The van der Waals surface area contributed by atoms with Gasteiger partial charge in [-0.2, -0.15) is 0 Å². The van der Waals surface area contributed by atoms with E-state index < -0.39 is 5.41 Å². The number of hydrogen-bond acceptors (Lipinski definition) is 5. The average Bonchev–Trinajstić information content (AvgIpc) is 3.81. The lowest BCUT2D eigenvalue weighted by atomic mass is 9.67. The highest BCUT2D eigenvalue weighted by Gasteiger charge is 2.50. The molecule has 2 aliphatic rings. The Kier molecular flexibility index (Phi) is 7.04. The maximum Gasteiger partial charge on any atom is 0.164 e. The van der Waals surface area contributed by atoms with Gasteiger partial charge in [0.2, 0.25) is 0 Å². The van der Waals surface area contributed by atoms with E-state index in [4.69, 9.17) is 19.4 Å². The number of furan rings is 1. The van der Waals surface area contributed by atoms with Gasteiger partial charge >= 0.3 is 0 Å². The van der Waals surface area contributed by atoms with Gasteiger partial charge in [-0.05, 0) is 57.1 Å². The van der Waals surface area contributed by atoms with Crippen LogP contribution in [0.1, 0.15) is 22.3 Å². The third-order valence-electron chi connectivity index (χ3n) is 11.6. The first-order chi connectivity index (χ1) is 28.2. The summed E-state index contributed by atoms with van der Waals surface area (Å²) in [5.74, 6) is 1.90. The van der Waals surface area contributed by atoms with Gasteiger partial charge in [-0.3, -0.25) is 0 Å². The van der Waals surface area contributed by atoms with Crippen molar-refractivity contribution in [1.29, 1.82) is 0 Å². The molecule has 0 fully saturated rings. The fourth-order valence-corrected chi connectivity index (χ4v) is 10.4. The SMILES string of the molecule is c1ccc(-c2nc(-c3ccc(-c4cccc5c4oc4ccccc45)cc3)nc(-c3ccc4c(c3)Sc3ccccc3C43c4ccccc4-c4ccccc43)n2)cc1. The maximum absolute atomic E-state index is 6.37. The lowest BCUT2D eigenvalue weighted by Crippen LogP contribution is -2.31. The second-order valence-corrected chi connectivity index (χ2v) is 15.8. The molecular weight excluding hydrogens is 715 g/mol. The Balaban J connectivity index is 1.00. The molecule has 0 N–H and O–H groups in total. The van der Waals surface area contributed by atoms with Gasteiger partial charge in [-0.25, -0.2) is 15.0 Å². The Hall–Kier alpha value is -7.08. The van der Waals surface area contributed by atoms with E-state index >= 15 is 0 Å². The summed E-state index contributed by atoms with van der Waals surface area (Å²) in [5, 5.41) is 2.23. The molecule has 0 amide bonds. The summed E-state index contributed by atoms with van der Waals surface area (Å²) in [6, 6.07) is 66.7. The second kappa shape index (κ2) is 12.5. The fourth-order valence-electron chi connectivity index (χ4n) is 9.12. The van der Waals surface area contributed by atoms with Gasteiger partial charge in [0.15, 0.2) is 17.5 Å². The number of para-hydroxylation sites is 2. The first kappa shape index (κ1) is 32.2. The van der Waals surface area contributed by atoms with Gasteiger partial charge in [0.05, 0.1) is 5.41 Å². The van der Waals surface area contributed by atoms with E-state index in [1.54, 1.807) is 0 Å². The predicted octanol–water partition coefficient (Wildman–Crippen LogP) is 13.3. The molecule has 8 aromatic carbocycles. The molecule has 1 aliphatic heterocycles. The van der Waals surface area contributed by atoms with Crippen LogP contribution < -0.4 is 0 Å². The third-order valence-corrected chi connectivity index (χ3v) is 12.8. The predicted molar refractivity (Wildman–Crippen MR) is 230 cm³/mol. The molecule has 0 unspecified atom stereocenters. The molecule has 12 rings (SSSR count). The molecule has 10 aromatic rings. The number of aromatic nitrogens is 3. The molecule has 4 nitrogen and oxygen atoms in total. The molecule has 0 saturated carbocycles. The number of fused-ring (bicyclic) bond motifs is 12. The van der Waals surface area contributed by atoms with Crippen molar-refractivity contribution in [3.05, 3.63) is 210 Å². The molecular formula is C52H31N3OS. The minimum Gasteiger partial charge on any atom is -0.455 e. The van der Waals surface area contributed by atoms with Crippen molar-refractivity contribution in [3.8, 4) is 56.4 Å². The molecule has 1 aliphatic carbocycles. The van der Waals surface area contributed by atoms with Crippen molar-refractivity contribution in [3.63, 3.8) is 0 Å². The number of rotatable bonds is 4. The summed E-state index contributed by atoms with van der Waals surface area (Å²) in [5.41, 5.74) is 14.1. The normalized spacial score (nSPS) is 13.3. The molecule has 0 radical (unpaired) electrons. The Labute approximate surface area is 333 Å². The molecule has 3 heterocycles. The van der Waals surface area contributed by atoms with E-state index in [0.717, 1.165) is 49.8 Å². The van der Waals surface area contributed by atoms with Crippen LogP contribution in [-0.4, -0.2) is 15.0 Å². The van der Waals surface area contributed by atoms with Crippen molar-refractivity contribution < 1.29 is 4.42 Å². The minimum absolute atomic E-state index is 0.434. The van der Waals surface area contributed by atoms with Crippen LogP contribution in [0.5, 0.6) is 0 Å². The first-order valence-corrected chi connectivity index (χ1v) is 20.0. The molecule has 5 heteroatoms. The Morgan fingerprint density at radius 2 is 0.895 bits per heavy atom. The number of hydrogen-bond donors (Lipinski definition) is 0. The van der Waals surface area contributed by atoms with Crippen LogP contribution in [0.15, 0.2) is 202 Å². The van der Waals surface area contributed by atoms with Gasteiger partial charge < -0.3 is 4.42 Å². The van der Waals surface area contributed by atoms with Gasteiger partial charge in [0.1, 0.15) is 11.2 Å². The molecule has 2 aromatic heterocycles. The first-order valence-electron chi connectivity index (χ1n) is 19.2. The van der Waals surface area contributed by atoms with Gasteiger partial charge in [0, 0.05) is 42.8 Å². The van der Waals surface area contributed by atoms with Crippen molar-refractivity contribution in [2.75, 3.05) is 0 Å². The van der Waals surface area contributed by atoms with Crippen LogP contribution in [0.3, 0.4) is 0 Å². The van der Waals surface area contributed by atoms with Crippen molar-refractivity contribution in [2.45, 2.75) is 15.2 Å². The lowest BCUT2D eigenvalue weighted by Gasteiger charge is -2.39. The van der Waals surface area contributed by atoms with E-state index in [1.807, 2.05) is 42.1 Å².